The first-order chi connectivity index (χ1) is 15.9. The first kappa shape index (κ1) is 24.5. The Labute approximate surface area is 197 Å². The summed E-state index contributed by atoms with van der Waals surface area (Å²) in [5, 5.41) is 14.1. The van der Waals surface area contributed by atoms with Gasteiger partial charge in [0.2, 0.25) is 0 Å². The molecule has 174 valence electrons. The molecule has 4 rings (SSSR count). The van der Waals surface area contributed by atoms with E-state index in [0.717, 1.165) is 29.1 Å². The summed E-state index contributed by atoms with van der Waals surface area (Å²) in [6.07, 6.45) is 14.1. The minimum absolute atomic E-state index is 0.171. The standard InChI is InChI=1S/C26H29N3O2.C2H6/c1-19-9-11-23(17-20(19)2)28-25(30)21-10-12-24(27-18-21)29-15-13-26(31,14-16-29)22-7-5-3-4-6-8-22;1-2/h3,5-12,17-18,31H,4,13-16H2,1-2H3,(H,28,30);1-2H3. The first-order valence-electron chi connectivity index (χ1n) is 11.8. The van der Waals surface area contributed by atoms with Gasteiger partial charge in [-0.15, -0.1) is 0 Å². The molecule has 0 spiro atoms. The number of benzene rings is 1. The number of piperidine rings is 1. The Morgan fingerprint density at radius 3 is 2.48 bits per heavy atom. The van der Waals surface area contributed by atoms with Gasteiger partial charge in [-0.1, -0.05) is 50.3 Å². The van der Waals surface area contributed by atoms with Crippen LogP contribution in [0.2, 0.25) is 0 Å². The molecule has 5 heteroatoms. The Balaban J connectivity index is 0.00000149. The molecule has 33 heavy (non-hydrogen) atoms. The maximum absolute atomic E-state index is 12.6. The highest BCUT2D eigenvalue weighted by Gasteiger charge is 2.35. The Morgan fingerprint density at radius 2 is 1.82 bits per heavy atom. The van der Waals surface area contributed by atoms with E-state index in [4.69, 9.17) is 0 Å². The lowest BCUT2D eigenvalue weighted by atomic mass is 9.83. The fraction of sp³-hybridized carbons (Fsp3) is 0.357. The lowest BCUT2D eigenvalue weighted by molar-refractivity contribution is 0.0559. The number of aromatic nitrogens is 1. The van der Waals surface area contributed by atoms with Crippen LogP contribution in [0.1, 0.15) is 54.6 Å². The predicted molar refractivity (Wildman–Crippen MR) is 137 cm³/mol. The van der Waals surface area contributed by atoms with Crippen LogP contribution in [-0.2, 0) is 0 Å². The summed E-state index contributed by atoms with van der Waals surface area (Å²) < 4.78 is 0. The third kappa shape index (κ3) is 5.99. The minimum atomic E-state index is -0.798. The number of aryl methyl sites for hydroxylation is 2. The van der Waals surface area contributed by atoms with Crippen molar-refractivity contribution in [2.75, 3.05) is 23.3 Å². The number of nitrogens with zero attached hydrogens (tertiary/aromatic N) is 2. The van der Waals surface area contributed by atoms with E-state index < -0.39 is 5.60 Å². The molecular weight excluding hydrogens is 410 g/mol. The number of aliphatic hydroxyl groups is 1. The predicted octanol–water partition coefficient (Wildman–Crippen LogP) is 5.75. The number of carbonyl (C=O) groups excluding carboxylic acids is 1. The lowest BCUT2D eigenvalue weighted by Gasteiger charge is -2.39. The van der Waals surface area contributed by atoms with Crippen LogP contribution >= 0.6 is 0 Å². The van der Waals surface area contributed by atoms with E-state index in [0.29, 0.717) is 31.5 Å². The fourth-order valence-corrected chi connectivity index (χ4v) is 4.01. The van der Waals surface area contributed by atoms with Gasteiger partial charge in [-0.05, 0) is 74.1 Å². The molecule has 1 fully saturated rings. The van der Waals surface area contributed by atoms with Crippen LogP contribution in [0.25, 0.3) is 0 Å². The van der Waals surface area contributed by atoms with Crippen molar-refractivity contribution in [2.24, 2.45) is 0 Å². The molecule has 2 aromatic rings. The van der Waals surface area contributed by atoms with Gasteiger partial charge in [0.25, 0.3) is 5.91 Å². The first-order valence-corrected chi connectivity index (χ1v) is 11.8. The summed E-state index contributed by atoms with van der Waals surface area (Å²) in [7, 11) is 0. The highest BCUT2D eigenvalue weighted by Crippen LogP contribution is 2.33. The second-order valence-electron chi connectivity index (χ2n) is 8.37. The van der Waals surface area contributed by atoms with Gasteiger partial charge in [-0.25, -0.2) is 4.98 Å². The fourth-order valence-electron chi connectivity index (χ4n) is 4.01. The second kappa shape index (κ2) is 11.1. The van der Waals surface area contributed by atoms with Crippen molar-refractivity contribution in [3.63, 3.8) is 0 Å². The average molecular weight is 446 g/mol. The molecule has 2 heterocycles. The Bertz CT molecular complexity index is 1040. The maximum atomic E-state index is 12.6. The van der Waals surface area contributed by atoms with Gasteiger partial charge in [0, 0.05) is 25.0 Å². The van der Waals surface area contributed by atoms with Crippen LogP contribution in [0.4, 0.5) is 11.5 Å². The Morgan fingerprint density at radius 1 is 1.06 bits per heavy atom. The second-order valence-corrected chi connectivity index (χ2v) is 8.37. The summed E-state index contributed by atoms with van der Waals surface area (Å²) in [5.41, 5.74) is 3.82. The van der Waals surface area contributed by atoms with Gasteiger partial charge in [0.15, 0.2) is 0 Å². The van der Waals surface area contributed by atoms with Gasteiger partial charge in [-0.2, -0.15) is 0 Å². The summed E-state index contributed by atoms with van der Waals surface area (Å²) in [6.45, 7) is 9.51. The number of carbonyl (C=O) groups is 1. The van der Waals surface area contributed by atoms with Crippen LogP contribution in [0, 0.1) is 13.8 Å². The van der Waals surface area contributed by atoms with Crippen LogP contribution in [0.5, 0.6) is 0 Å². The van der Waals surface area contributed by atoms with E-state index in [9.17, 15) is 9.90 Å². The van der Waals surface area contributed by atoms with E-state index in [1.807, 2.05) is 70.2 Å². The topological polar surface area (TPSA) is 65.5 Å². The lowest BCUT2D eigenvalue weighted by Crippen LogP contribution is -2.45. The zero-order valence-electron chi connectivity index (χ0n) is 20.1. The van der Waals surface area contributed by atoms with E-state index in [-0.39, 0.29) is 5.91 Å². The van der Waals surface area contributed by atoms with Crippen molar-refractivity contribution in [3.8, 4) is 0 Å². The van der Waals surface area contributed by atoms with E-state index in [1.165, 1.54) is 5.56 Å². The minimum Gasteiger partial charge on any atom is -0.385 e. The highest BCUT2D eigenvalue weighted by atomic mass is 16.3. The third-order valence-electron chi connectivity index (χ3n) is 6.21. The van der Waals surface area contributed by atoms with Gasteiger partial charge in [0.1, 0.15) is 5.82 Å². The average Bonchev–Trinajstić information content (AvgIpc) is 3.14. The smallest absolute Gasteiger partial charge is 0.257 e. The van der Waals surface area contributed by atoms with Crippen molar-refractivity contribution in [2.45, 2.75) is 52.6 Å². The van der Waals surface area contributed by atoms with Crippen molar-refractivity contribution >= 4 is 17.4 Å². The van der Waals surface area contributed by atoms with Crippen molar-refractivity contribution in [1.29, 1.82) is 0 Å². The van der Waals surface area contributed by atoms with Gasteiger partial charge < -0.3 is 15.3 Å². The molecule has 0 saturated carbocycles. The molecule has 1 aromatic heterocycles. The number of allylic oxidation sites excluding steroid dienone is 4. The van der Waals surface area contributed by atoms with E-state index in [1.54, 1.807) is 12.3 Å². The van der Waals surface area contributed by atoms with E-state index >= 15 is 0 Å². The molecule has 0 atom stereocenters. The van der Waals surface area contributed by atoms with Gasteiger partial charge >= 0.3 is 0 Å². The molecule has 0 radical (unpaired) electrons. The number of nitrogens with one attached hydrogen (secondary N) is 1. The quantitative estimate of drug-likeness (QED) is 0.629. The molecule has 1 saturated heterocycles. The van der Waals surface area contributed by atoms with Gasteiger partial charge in [0.05, 0.1) is 11.2 Å². The molecule has 0 bridgehead atoms. The van der Waals surface area contributed by atoms with Crippen LogP contribution in [-0.4, -0.2) is 34.7 Å². The number of pyridine rings is 1. The summed E-state index contributed by atoms with van der Waals surface area (Å²) in [5.74, 6) is 0.658. The zero-order chi connectivity index (χ0) is 23.8. The number of hydrogen-bond acceptors (Lipinski definition) is 4. The monoisotopic (exact) mass is 445 g/mol. The highest BCUT2D eigenvalue weighted by molar-refractivity contribution is 6.04. The summed E-state index contributed by atoms with van der Waals surface area (Å²) in [4.78, 5) is 19.2. The number of amides is 1. The summed E-state index contributed by atoms with van der Waals surface area (Å²) in [6, 6.07) is 9.57. The molecule has 2 N–H and O–H groups in total. The van der Waals surface area contributed by atoms with Crippen LogP contribution in [0.3, 0.4) is 0 Å². The molecule has 0 unspecified atom stereocenters. The van der Waals surface area contributed by atoms with Crippen LogP contribution in [0.15, 0.2) is 72.5 Å². The molecule has 1 aliphatic carbocycles. The molecule has 1 aliphatic heterocycles. The number of rotatable bonds is 4. The van der Waals surface area contributed by atoms with E-state index in [2.05, 4.69) is 27.4 Å². The Hall–Kier alpha value is -3.18. The van der Waals surface area contributed by atoms with Gasteiger partial charge in [-0.3, -0.25) is 4.79 Å². The van der Waals surface area contributed by atoms with Crippen molar-refractivity contribution < 1.29 is 9.90 Å². The molecule has 5 nitrogen and oxygen atoms in total. The summed E-state index contributed by atoms with van der Waals surface area (Å²) >= 11 is 0. The number of anilines is 2. The third-order valence-corrected chi connectivity index (χ3v) is 6.21. The Kier molecular flexibility index (Phi) is 8.23. The molecule has 2 aliphatic rings. The van der Waals surface area contributed by atoms with Crippen LogP contribution < -0.4 is 10.2 Å². The largest absolute Gasteiger partial charge is 0.385 e. The van der Waals surface area contributed by atoms with Crippen molar-refractivity contribution in [3.05, 3.63) is 89.2 Å². The number of hydrogen-bond donors (Lipinski definition) is 2. The zero-order valence-corrected chi connectivity index (χ0v) is 20.1. The molecule has 1 aromatic carbocycles. The SMILES string of the molecule is CC.Cc1ccc(NC(=O)c2ccc(N3CCC(O)(C4=CC=CCC=C4)CC3)nc2)cc1C. The molecule has 1 amide bonds. The molecular formula is C28H35N3O2. The van der Waals surface area contributed by atoms with Crippen molar-refractivity contribution in [1.82, 2.24) is 4.98 Å². The maximum Gasteiger partial charge on any atom is 0.257 e. The normalized spacial score (nSPS) is 16.9.